The average Bonchev–Trinajstić information content (AvgIpc) is 3.05. The Morgan fingerprint density at radius 1 is 1.16 bits per heavy atom. The smallest absolute Gasteiger partial charge is 0.287 e. The summed E-state index contributed by atoms with van der Waals surface area (Å²) in [5.41, 5.74) is 1.64. The van der Waals surface area contributed by atoms with Crippen LogP contribution in [0.2, 0.25) is 0 Å². The molecule has 0 bridgehead atoms. The molecule has 7 heteroatoms. The molecule has 0 saturated heterocycles. The van der Waals surface area contributed by atoms with Crippen LogP contribution in [0.5, 0.6) is 0 Å². The first-order chi connectivity index (χ1) is 12.2. The Hall–Kier alpha value is -3.48. The monoisotopic (exact) mass is 335 g/mol. The van der Waals surface area contributed by atoms with Gasteiger partial charge in [0.25, 0.3) is 11.8 Å². The number of nitrogens with one attached hydrogen (secondary N) is 2. The lowest BCUT2D eigenvalue weighted by atomic mass is 10.2. The van der Waals surface area contributed by atoms with Gasteiger partial charge in [0.2, 0.25) is 5.82 Å². The number of imidazole rings is 1. The molecule has 2 amide bonds. The molecule has 0 saturated carbocycles. The van der Waals surface area contributed by atoms with Gasteiger partial charge in [-0.2, -0.15) is 0 Å². The summed E-state index contributed by atoms with van der Waals surface area (Å²) < 4.78 is 1.59. The number of hydrogen-bond acceptors (Lipinski definition) is 4. The summed E-state index contributed by atoms with van der Waals surface area (Å²) in [6.07, 6.45) is 6.63. The Balaban J connectivity index is 1.86. The molecule has 3 heterocycles. The van der Waals surface area contributed by atoms with Crippen molar-refractivity contribution in [3.63, 3.8) is 0 Å². The fourth-order valence-corrected chi connectivity index (χ4v) is 2.38. The van der Waals surface area contributed by atoms with Gasteiger partial charge in [-0.25, -0.2) is 4.98 Å². The van der Waals surface area contributed by atoms with E-state index in [9.17, 15) is 9.59 Å². The van der Waals surface area contributed by atoms with Gasteiger partial charge in [-0.15, -0.1) is 6.58 Å². The van der Waals surface area contributed by atoms with Gasteiger partial charge < -0.3 is 10.6 Å². The second-order valence-corrected chi connectivity index (χ2v) is 5.28. The van der Waals surface area contributed by atoms with E-state index in [0.29, 0.717) is 18.6 Å². The molecule has 0 spiro atoms. The van der Waals surface area contributed by atoms with Crippen molar-refractivity contribution in [3.05, 3.63) is 78.7 Å². The SMILES string of the molecule is C=CCNC(=O)c1nc(C(=O)NCc2cccnc2)c2ccccn12. The van der Waals surface area contributed by atoms with E-state index in [1.54, 1.807) is 53.3 Å². The molecule has 0 atom stereocenters. The molecule has 0 fully saturated rings. The minimum atomic E-state index is -0.368. The Kier molecular flexibility index (Phi) is 4.84. The van der Waals surface area contributed by atoms with Crippen molar-refractivity contribution in [3.8, 4) is 0 Å². The summed E-state index contributed by atoms with van der Waals surface area (Å²) in [5.74, 6) is -0.563. The summed E-state index contributed by atoms with van der Waals surface area (Å²) in [5, 5.41) is 5.47. The van der Waals surface area contributed by atoms with Crippen molar-refractivity contribution in [1.29, 1.82) is 0 Å². The zero-order valence-corrected chi connectivity index (χ0v) is 13.5. The number of carbonyl (C=O) groups is 2. The van der Waals surface area contributed by atoms with Crippen LogP contribution in [0.25, 0.3) is 5.52 Å². The number of pyridine rings is 2. The van der Waals surface area contributed by atoms with Crippen LogP contribution in [0.3, 0.4) is 0 Å². The lowest BCUT2D eigenvalue weighted by molar-refractivity contribution is 0.0946. The van der Waals surface area contributed by atoms with Gasteiger partial charge >= 0.3 is 0 Å². The van der Waals surface area contributed by atoms with Crippen molar-refractivity contribution in [2.75, 3.05) is 6.54 Å². The Bertz CT molecular complexity index is 918. The van der Waals surface area contributed by atoms with Gasteiger partial charge in [-0.3, -0.25) is 19.0 Å². The Morgan fingerprint density at radius 3 is 2.80 bits per heavy atom. The number of aromatic nitrogens is 3. The molecule has 0 aliphatic carbocycles. The molecular formula is C18H17N5O2. The summed E-state index contributed by atoms with van der Waals surface area (Å²) in [4.78, 5) is 33.0. The van der Waals surface area contributed by atoms with E-state index in [1.165, 1.54) is 0 Å². The zero-order chi connectivity index (χ0) is 17.6. The van der Waals surface area contributed by atoms with Gasteiger partial charge in [0, 0.05) is 31.7 Å². The van der Waals surface area contributed by atoms with E-state index in [0.717, 1.165) is 5.56 Å². The molecular weight excluding hydrogens is 318 g/mol. The summed E-state index contributed by atoms with van der Waals surface area (Å²) >= 11 is 0. The number of rotatable bonds is 6. The largest absolute Gasteiger partial charge is 0.346 e. The number of nitrogens with zero attached hydrogens (tertiary/aromatic N) is 3. The predicted molar refractivity (Wildman–Crippen MR) is 93.1 cm³/mol. The third-order valence-electron chi connectivity index (χ3n) is 3.55. The Labute approximate surface area is 144 Å². The molecule has 25 heavy (non-hydrogen) atoms. The van der Waals surface area contributed by atoms with Crippen LogP contribution in [0.4, 0.5) is 0 Å². The molecule has 3 aromatic rings. The molecule has 126 valence electrons. The first-order valence-electron chi connectivity index (χ1n) is 7.74. The second kappa shape index (κ2) is 7.39. The second-order valence-electron chi connectivity index (χ2n) is 5.28. The van der Waals surface area contributed by atoms with E-state index in [2.05, 4.69) is 27.2 Å². The fourth-order valence-electron chi connectivity index (χ4n) is 2.38. The van der Waals surface area contributed by atoms with Crippen LogP contribution < -0.4 is 10.6 Å². The third kappa shape index (κ3) is 3.55. The minimum absolute atomic E-state index is 0.156. The first kappa shape index (κ1) is 16.4. The van der Waals surface area contributed by atoms with Crippen molar-refractivity contribution in [2.45, 2.75) is 6.54 Å². The van der Waals surface area contributed by atoms with Crippen LogP contribution in [0, 0.1) is 0 Å². The van der Waals surface area contributed by atoms with Crippen molar-refractivity contribution < 1.29 is 9.59 Å². The number of hydrogen-bond donors (Lipinski definition) is 2. The molecule has 3 rings (SSSR count). The maximum atomic E-state index is 12.5. The molecule has 0 aliphatic heterocycles. The van der Waals surface area contributed by atoms with Crippen molar-refractivity contribution in [1.82, 2.24) is 25.0 Å². The van der Waals surface area contributed by atoms with Crippen LogP contribution in [-0.2, 0) is 6.54 Å². The van der Waals surface area contributed by atoms with Crippen molar-refractivity contribution in [2.24, 2.45) is 0 Å². The lowest BCUT2D eigenvalue weighted by Crippen LogP contribution is -2.26. The molecule has 3 aromatic heterocycles. The van der Waals surface area contributed by atoms with Crippen LogP contribution in [-0.4, -0.2) is 32.7 Å². The van der Waals surface area contributed by atoms with Crippen LogP contribution in [0.15, 0.2) is 61.6 Å². The number of amides is 2. The predicted octanol–water partition coefficient (Wildman–Crippen LogP) is 1.58. The van der Waals surface area contributed by atoms with Crippen LogP contribution in [0.1, 0.15) is 26.7 Å². The first-order valence-corrected chi connectivity index (χ1v) is 7.74. The number of carbonyl (C=O) groups excluding carboxylic acids is 2. The van der Waals surface area contributed by atoms with E-state index in [4.69, 9.17) is 0 Å². The third-order valence-corrected chi connectivity index (χ3v) is 3.55. The van der Waals surface area contributed by atoms with Gasteiger partial charge in [0.05, 0.1) is 5.52 Å². The highest BCUT2D eigenvalue weighted by molar-refractivity contribution is 6.02. The van der Waals surface area contributed by atoms with Crippen molar-refractivity contribution >= 4 is 17.3 Å². The lowest BCUT2D eigenvalue weighted by Gasteiger charge is -2.03. The van der Waals surface area contributed by atoms with Crippen LogP contribution >= 0.6 is 0 Å². The topological polar surface area (TPSA) is 88.4 Å². The molecule has 7 nitrogen and oxygen atoms in total. The highest BCUT2D eigenvalue weighted by Crippen LogP contribution is 2.13. The number of fused-ring (bicyclic) bond motifs is 1. The minimum Gasteiger partial charge on any atom is -0.346 e. The van der Waals surface area contributed by atoms with Gasteiger partial charge in [0.15, 0.2) is 5.69 Å². The van der Waals surface area contributed by atoms with Gasteiger partial charge in [0.1, 0.15) is 0 Å². The highest BCUT2D eigenvalue weighted by atomic mass is 16.2. The Morgan fingerprint density at radius 2 is 2.04 bits per heavy atom. The normalized spacial score (nSPS) is 10.4. The summed E-state index contributed by atoms with van der Waals surface area (Å²) in [7, 11) is 0. The maximum absolute atomic E-state index is 12.5. The molecule has 0 aromatic carbocycles. The van der Waals surface area contributed by atoms with E-state index >= 15 is 0 Å². The van der Waals surface area contributed by atoms with E-state index < -0.39 is 0 Å². The zero-order valence-electron chi connectivity index (χ0n) is 13.5. The van der Waals surface area contributed by atoms with E-state index in [-0.39, 0.29) is 23.3 Å². The molecule has 0 unspecified atom stereocenters. The standard InChI is InChI=1S/C18H17N5O2/c1-2-8-20-18(25)16-22-15(14-7-3-4-10-23(14)16)17(24)21-12-13-6-5-9-19-11-13/h2-7,9-11H,1,8,12H2,(H,20,25)(H,21,24). The van der Waals surface area contributed by atoms with Gasteiger partial charge in [-0.1, -0.05) is 18.2 Å². The summed E-state index contributed by atoms with van der Waals surface area (Å²) in [6.45, 7) is 4.22. The quantitative estimate of drug-likeness (QED) is 0.669. The molecule has 0 aliphatic rings. The average molecular weight is 335 g/mol. The highest BCUT2D eigenvalue weighted by Gasteiger charge is 2.20. The van der Waals surface area contributed by atoms with Gasteiger partial charge in [-0.05, 0) is 23.8 Å². The molecule has 2 N–H and O–H groups in total. The van der Waals surface area contributed by atoms with E-state index in [1.807, 2.05) is 6.07 Å². The summed E-state index contributed by atoms with van der Waals surface area (Å²) in [6, 6.07) is 8.98. The fraction of sp³-hybridized carbons (Fsp3) is 0.111. The maximum Gasteiger partial charge on any atom is 0.287 e. The molecule has 0 radical (unpaired) electrons.